The van der Waals surface area contributed by atoms with Crippen molar-refractivity contribution >= 4 is 0 Å². The summed E-state index contributed by atoms with van der Waals surface area (Å²) in [6.07, 6.45) is -10.5. The highest BCUT2D eigenvalue weighted by Crippen LogP contribution is 2.26. The lowest BCUT2D eigenvalue weighted by Gasteiger charge is -2.40. The summed E-state index contributed by atoms with van der Waals surface area (Å²) in [5.74, 6) is 0.225. The minimum Gasteiger partial charge on any atom is -0.394 e. The fraction of sp³-hybridized carbons (Fsp3) is 1.00. The third-order valence-corrected chi connectivity index (χ3v) is 4.83. The van der Waals surface area contributed by atoms with Gasteiger partial charge in [0.15, 0.2) is 12.6 Å². The molecule has 2 aliphatic heterocycles. The van der Waals surface area contributed by atoms with Gasteiger partial charge in [0, 0.05) is 0 Å². The normalized spacial score (nSPS) is 45.0. The lowest BCUT2D eigenvalue weighted by atomic mass is 9.99. The molecule has 154 valence electrons. The number of ether oxygens (including phenoxy) is 4. The van der Waals surface area contributed by atoms with Crippen LogP contribution >= 0.6 is 0 Å². The average molecular weight is 382 g/mol. The van der Waals surface area contributed by atoms with Crippen LogP contribution in [0.1, 0.15) is 20.3 Å². The molecule has 0 radical (unpaired) electrons. The second-order valence-electron chi connectivity index (χ2n) is 6.90. The Labute approximate surface area is 151 Å². The summed E-state index contributed by atoms with van der Waals surface area (Å²) in [6.45, 7) is 3.48. The van der Waals surface area contributed by atoms with E-state index in [0.717, 1.165) is 6.42 Å². The Hall–Kier alpha value is -0.400. The molecule has 0 aromatic heterocycles. The molecule has 2 rings (SSSR count). The highest BCUT2D eigenvalue weighted by Gasteiger charge is 2.47. The minimum atomic E-state index is -1.50. The van der Waals surface area contributed by atoms with Gasteiger partial charge in [0.1, 0.15) is 42.7 Å². The van der Waals surface area contributed by atoms with Crippen LogP contribution in [-0.4, -0.2) is 106 Å². The zero-order chi connectivity index (χ0) is 19.4. The number of aliphatic hydroxyl groups excluding tert-OH is 6. The van der Waals surface area contributed by atoms with E-state index in [-0.39, 0.29) is 12.5 Å². The predicted molar refractivity (Wildman–Crippen MR) is 85.8 cm³/mol. The highest BCUT2D eigenvalue weighted by atomic mass is 16.7. The summed E-state index contributed by atoms with van der Waals surface area (Å²) < 4.78 is 21.5. The Kier molecular flexibility index (Phi) is 8.16. The molecule has 10 nitrogen and oxygen atoms in total. The number of rotatable bonds is 8. The van der Waals surface area contributed by atoms with Gasteiger partial charge in [0.05, 0.1) is 19.8 Å². The lowest BCUT2D eigenvalue weighted by molar-refractivity contribution is -0.311. The molecule has 2 heterocycles. The van der Waals surface area contributed by atoms with E-state index in [9.17, 15) is 25.5 Å². The van der Waals surface area contributed by atoms with Gasteiger partial charge in [-0.2, -0.15) is 0 Å². The molecule has 0 saturated carbocycles. The van der Waals surface area contributed by atoms with Gasteiger partial charge in [-0.25, -0.2) is 0 Å². The summed E-state index contributed by atoms with van der Waals surface area (Å²) in [5.41, 5.74) is 0. The molecule has 0 unspecified atom stereocenters. The smallest absolute Gasteiger partial charge is 0.186 e. The molecule has 2 aliphatic rings. The first kappa shape index (κ1) is 21.9. The van der Waals surface area contributed by atoms with E-state index in [4.69, 9.17) is 24.1 Å². The Morgan fingerprint density at radius 3 is 1.92 bits per heavy atom. The van der Waals surface area contributed by atoms with Crippen molar-refractivity contribution in [3.05, 3.63) is 0 Å². The van der Waals surface area contributed by atoms with Crippen molar-refractivity contribution < 1.29 is 49.6 Å². The molecular weight excluding hydrogens is 352 g/mol. The van der Waals surface area contributed by atoms with Crippen LogP contribution < -0.4 is 0 Å². The molecule has 0 spiro atoms. The van der Waals surface area contributed by atoms with Gasteiger partial charge in [-0.15, -0.1) is 0 Å². The van der Waals surface area contributed by atoms with E-state index in [0.29, 0.717) is 6.61 Å². The van der Waals surface area contributed by atoms with Crippen molar-refractivity contribution in [2.45, 2.75) is 75.6 Å². The maximum absolute atomic E-state index is 10.1. The third kappa shape index (κ3) is 4.90. The van der Waals surface area contributed by atoms with Crippen LogP contribution in [0.4, 0.5) is 0 Å². The first-order chi connectivity index (χ1) is 12.3. The minimum absolute atomic E-state index is 0.225. The van der Waals surface area contributed by atoms with Gasteiger partial charge in [0.25, 0.3) is 0 Å². The topological polar surface area (TPSA) is 158 Å². The molecule has 10 atom stereocenters. The zero-order valence-electron chi connectivity index (χ0n) is 14.9. The van der Waals surface area contributed by atoms with Crippen molar-refractivity contribution in [2.24, 2.45) is 5.92 Å². The van der Waals surface area contributed by atoms with Gasteiger partial charge in [-0.1, -0.05) is 20.3 Å². The van der Waals surface area contributed by atoms with Gasteiger partial charge < -0.3 is 49.6 Å². The van der Waals surface area contributed by atoms with Crippen LogP contribution in [0.5, 0.6) is 0 Å². The van der Waals surface area contributed by atoms with Crippen LogP contribution in [-0.2, 0) is 18.9 Å². The predicted octanol–water partition coefficient (Wildman–Crippen LogP) is -2.69. The lowest BCUT2D eigenvalue weighted by Crippen LogP contribution is -2.59. The van der Waals surface area contributed by atoms with Crippen LogP contribution in [0.25, 0.3) is 0 Å². The second-order valence-corrected chi connectivity index (χ2v) is 6.90. The van der Waals surface area contributed by atoms with Gasteiger partial charge in [-0.3, -0.25) is 0 Å². The van der Waals surface area contributed by atoms with Crippen LogP contribution in [0.15, 0.2) is 0 Å². The summed E-state index contributed by atoms with van der Waals surface area (Å²) >= 11 is 0. The molecule has 0 aliphatic carbocycles. The van der Waals surface area contributed by atoms with E-state index in [1.54, 1.807) is 0 Å². The Bertz CT molecular complexity index is 424. The van der Waals surface area contributed by atoms with Gasteiger partial charge in [-0.05, 0) is 5.92 Å². The average Bonchev–Trinajstić information content (AvgIpc) is 2.92. The fourth-order valence-corrected chi connectivity index (χ4v) is 2.76. The standard InChI is InChI=1S/C16H30O10/c1-3-7(2)5-23-16-14(22)12(20)11(19)9(26-16)6-24-15-13(21)10(18)8(4-17)25-15/h7-22H,3-6H2,1-2H3/t7-,8-,9-,10+,11-,12+,13-,14-,15+,16-/m0/s1. The summed E-state index contributed by atoms with van der Waals surface area (Å²) in [5, 5.41) is 58.7. The molecule has 26 heavy (non-hydrogen) atoms. The number of aliphatic hydroxyl groups is 6. The quantitative estimate of drug-likeness (QED) is 0.261. The summed E-state index contributed by atoms with van der Waals surface area (Å²) in [4.78, 5) is 0. The van der Waals surface area contributed by atoms with Crippen molar-refractivity contribution in [1.82, 2.24) is 0 Å². The SMILES string of the molecule is CC[C@H](C)CO[C@H]1O[C@@H](CO[C@@H]2O[C@@H](CO)[C@@H](O)[C@@H]2O)[C@H](O)[C@@H](O)[C@@H]1O. The number of hydrogen-bond donors (Lipinski definition) is 6. The molecule has 0 bridgehead atoms. The Balaban J connectivity index is 1.90. The Morgan fingerprint density at radius 2 is 1.35 bits per heavy atom. The highest BCUT2D eigenvalue weighted by molar-refractivity contribution is 4.90. The Morgan fingerprint density at radius 1 is 0.808 bits per heavy atom. The van der Waals surface area contributed by atoms with Crippen molar-refractivity contribution in [2.75, 3.05) is 19.8 Å². The molecule has 6 N–H and O–H groups in total. The first-order valence-electron chi connectivity index (χ1n) is 8.85. The molecule has 10 heteroatoms. The van der Waals surface area contributed by atoms with Crippen LogP contribution in [0.3, 0.4) is 0 Å². The molecule has 0 amide bonds. The molecule has 0 aromatic rings. The van der Waals surface area contributed by atoms with E-state index in [1.807, 2.05) is 13.8 Å². The summed E-state index contributed by atoms with van der Waals surface area (Å²) in [7, 11) is 0. The second kappa shape index (κ2) is 9.69. The first-order valence-corrected chi connectivity index (χ1v) is 8.85. The molecule has 2 fully saturated rings. The van der Waals surface area contributed by atoms with Crippen LogP contribution in [0, 0.1) is 5.92 Å². The van der Waals surface area contributed by atoms with E-state index in [2.05, 4.69) is 0 Å². The summed E-state index contributed by atoms with van der Waals surface area (Å²) in [6, 6.07) is 0. The number of hydrogen-bond acceptors (Lipinski definition) is 10. The van der Waals surface area contributed by atoms with Gasteiger partial charge >= 0.3 is 0 Å². The molecule has 0 aromatic carbocycles. The van der Waals surface area contributed by atoms with Crippen molar-refractivity contribution in [1.29, 1.82) is 0 Å². The molecular formula is C16H30O10. The maximum atomic E-state index is 10.1. The van der Waals surface area contributed by atoms with E-state index < -0.39 is 61.9 Å². The fourth-order valence-electron chi connectivity index (χ4n) is 2.76. The largest absolute Gasteiger partial charge is 0.394 e. The maximum Gasteiger partial charge on any atom is 0.186 e. The van der Waals surface area contributed by atoms with E-state index >= 15 is 0 Å². The van der Waals surface area contributed by atoms with Crippen molar-refractivity contribution in [3.63, 3.8) is 0 Å². The van der Waals surface area contributed by atoms with Crippen molar-refractivity contribution in [3.8, 4) is 0 Å². The molecule has 2 saturated heterocycles. The zero-order valence-corrected chi connectivity index (χ0v) is 14.9. The van der Waals surface area contributed by atoms with E-state index in [1.165, 1.54) is 0 Å². The van der Waals surface area contributed by atoms with Crippen LogP contribution in [0.2, 0.25) is 0 Å². The monoisotopic (exact) mass is 382 g/mol. The van der Waals surface area contributed by atoms with Gasteiger partial charge in [0.2, 0.25) is 0 Å². The third-order valence-electron chi connectivity index (χ3n) is 4.83.